The van der Waals surface area contributed by atoms with Crippen molar-refractivity contribution in [1.29, 1.82) is 0 Å². The van der Waals surface area contributed by atoms with Crippen molar-refractivity contribution in [3.05, 3.63) is 34.9 Å². The van der Waals surface area contributed by atoms with Crippen LogP contribution < -0.4 is 5.32 Å². The highest BCUT2D eigenvalue weighted by molar-refractivity contribution is 6.31. The van der Waals surface area contributed by atoms with Gasteiger partial charge < -0.3 is 10.2 Å². The summed E-state index contributed by atoms with van der Waals surface area (Å²) in [6.07, 6.45) is 2.03. The van der Waals surface area contributed by atoms with Gasteiger partial charge in [0.25, 0.3) is 0 Å². The van der Waals surface area contributed by atoms with Crippen molar-refractivity contribution in [3.63, 3.8) is 0 Å². The summed E-state index contributed by atoms with van der Waals surface area (Å²) in [5.74, 6) is 0.190. The van der Waals surface area contributed by atoms with Gasteiger partial charge in [0.2, 0.25) is 5.91 Å². The van der Waals surface area contributed by atoms with E-state index in [1.807, 2.05) is 36.1 Å². The van der Waals surface area contributed by atoms with Crippen molar-refractivity contribution in [1.82, 2.24) is 10.2 Å². The fraction of sp³-hybridized carbons (Fsp3) is 0.500. The van der Waals surface area contributed by atoms with Crippen molar-refractivity contribution < 1.29 is 4.79 Å². The second-order valence-electron chi connectivity index (χ2n) is 4.59. The maximum absolute atomic E-state index is 12.3. The molecule has 0 spiro atoms. The highest BCUT2D eigenvalue weighted by Gasteiger charge is 2.26. The zero-order chi connectivity index (χ0) is 13.0. The van der Waals surface area contributed by atoms with Crippen LogP contribution in [0.2, 0.25) is 5.02 Å². The number of hydrogen-bond acceptors (Lipinski definition) is 2. The molecule has 106 valence electrons. The lowest BCUT2D eigenvalue weighted by Crippen LogP contribution is -2.43. The smallest absolute Gasteiger partial charge is 0.239 e. The standard InChI is InChI=1S/C14H19ClN2O.ClH/c1-2-17(14(18)13-8-5-9-16-13)10-11-6-3-4-7-12(11)15;/h3-4,6-7,13,16H,2,5,8-10H2,1H3;1H. The molecular weight excluding hydrogens is 283 g/mol. The van der Waals surface area contributed by atoms with Crippen LogP contribution in [-0.2, 0) is 11.3 Å². The number of nitrogens with one attached hydrogen (secondary N) is 1. The molecule has 0 saturated carbocycles. The minimum absolute atomic E-state index is 0. The maximum atomic E-state index is 12.3. The number of carbonyl (C=O) groups excluding carboxylic acids is 1. The van der Waals surface area contributed by atoms with Gasteiger partial charge in [-0.1, -0.05) is 29.8 Å². The van der Waals surface area contributed by atoms with Crippen LogP contribution in [0.15, 0.2) is 24.3 Å². The molecule has 0 bridgehead atoms. The maximum Gasteiger partial charge on any atom is 0.239 e. The Morgan fingerprint density at radius 1 is 1.47 bits per heavy atom. The Bertz CT molecular complexity index is 420. The van der Waals surface area contributed by atoms with E-state index in [4.69, 9.17) is 11.6 Å². The molecule has 3 nitrogen and oxygen atoms in total. The first-order valence-electron chi connectivity index (χ1n) is 6.48. The number of carbonyl (C=O) groups is 1. The largest absolute Gasteiger partial charge is 0.337 e. The zero-order valence-corrected chi connectivity index (χ0v) is 12.6. The zero-order valence-electron chi connectivity index (χ0n) is 11.1. The normalized spacial score (nSPS) is 17.9. The highest BCUT2D eigenvalue weighted by atomic mass is 35.5. The lowest BCUT2D eigenvalue weighted by molar-refractivity contribution is -0.133. The Labute approximate surface area is 125 Å². The molecule has 1 heterocycles. The van der Waals surface area contributed by atoms with E-state index in [2.05, 4.69) is 5.32 Å². The molecule has 2 rings (SSSR count). The summed E-state index contributed by atoms with van der Waals surface area (Å²) in [7, 11) is 0. The molecule has 1 unspecified atom stereocenters. The minimum atomic E-state index is -0.00700. The van der Waals surface area contributed by atoms with E-state index in [1.54, 1.807) is 0 Å². The second kappa shape index (κ2) is 7.73. The van der Waals surface area contributed by atoms with Gasteiger partial charge in [-0.05, 0) is 37.9 Å². The lowest BCUT2D eigenvalue weighted by Gasteiger charge is -2.24. The van der Waals surface area contributed by atoms with Crippen molar-refractivity contribution in [3.8, 4) is 0 Å². The van der Waals surface area contributed by atoms with Crippen LogP contribution in [0.3, 0.4) is 0 Å². The van der Waals surface area contributed by atoms with E-state index >= 15 is 0 Å². The minimum Gasteiger partial charge on any atom is -0.337 e. The average Bonchev–Trinajstić information content (AvgIpc) is 2.91. The summed E-state index contributed by atoms with van der Waals surface area (Å²) in [6, 6.07) is 7.69. The number of likely N-dealkylation sites (N-methyl/N-ethyl adjacent to an activating group) is 1. The fourth-order valence-electron chi connectivity index (χ4n) is 2.29. The van der Waals surface area contributed by atoms with Crippen LogP contribution in [0.1, 0.15) is 25.3 Å². The fourth-order valence-corrected chi connectivity index (χ4v) is 2.49. The molecule has 1 saturated heterocycles. The van der Waals surface area contributed by atoms with Crippen LogP contribution in [-0.4, -0.2) is 29.9 Å². The first kappa shape index (κ1) is 16.3. The van der Waals surface area contributed by atoms with Gasteiger partial charge in [-0.3, -0.25) is 4.79 Å². The molecule has 1 N–H and O–H groups in total. The molecule has 1 aromatic carbocycles. The topological polar surface area (TPSA) is 32.3 Å². The third-order valence-electron chi connectivity index (χ3n) is 3.37. The molecule has 1 aliphatic heterocycles. The summed E-state index contributed by atoms with van der Waals surface area (Å²) in [6.45, 7) is 4.25. The molecule has 0 radical (unpaired) electrons. The summed E-state index contributed by atoms with van der Waals surface area (Å²) in [5.41, 5.74) is 1.01. The lowest BCUT2D eigenvalue weighted by atomic mass is 10.1. The monoisotopic (exact) mass is 302 g/mol. The predicted molar refractivity (Wildman–Crippen MR) is 80.8 cm³/mol. The molecule has 5 heteroatoms. The van der Waals surface area contributed by atoms with E-state index in [0.717, 1.165) is 30.0 Å². The molecule has 1 aromatic rings. The first-order chi connectivity index (χ1) is 8.72. The van der Waals surface area contributed by atoms with Gasteiger partial charge in [-0.15, -0.1) is 12.4 Å². The number of amides is 1. The Hall–Kier alpha value is -0.770. The van der Waals surface area contributed by atoms with Crippen LogP contribution in [0, 0.1) is 0 Å². The number of nitrogens with zero attached hydrogens (tertiary/aromatic N) is 1. The van der Waals surface area contributed by atoms with E-state index < -0.39 is 0 Å². The van der Waals surface area contributed by atoms with Crippen molar-refractivity contribution in [2.24, 2.45) is 0 Å². The van der Waals surface area contributed by atoms with Gasteiger partial charge in [-0.2, -0.15) is 0 Å². The van der Waals surface area contributed by atoms with Gasteiger partial charge in [0.1, 0.15) is 0 Å². The Balaban J connectivity index is 0.00000180. The SMILES string of the molecule is CCN(Cc1ccccc1Cl)C(=O)C1CCCN1.Cl. The van der Waals surface area contributed by atoms with Crippen LogP contribution in [0.4, 0.5) is 0 Å². The van der Waals surface area contributed by atoms with Gasteiger partial charge >= 0.3 is 0 Å². The van der Waals surface area contributed by atoms with E-state index in [9.17, 15) is 4.79 Å². The van der Waals surface area contributed by atoms with E-state index in [1.165, 1.54) is 0 Å². The van der Waals surface area contributed by atoms with Crippen LogP contribution in [0.25, 0.3) is 0 Å². The summed E-state index contributed by atoms with van der Waals surface area (Å²) >= 11 is 6.14. The van der Waals surface area contributed by atoms with Crippen LogP contribution in [0.5, 0.6) is 0 Å². The number of hydrogen-bond donors (Lipinski definition) is 1. The number of rotatable bonds is 4. The predicted octanol–water partition coefficient (Wildman–Crippen LogP) is 2.86. The number of benzene rings is 1. The van der Waals surface area contributed by atoms with Gasteiger partial charge in [0.15, 0.2) is 0 Å². The third kappa shape index (κ3) is 4.10. The summed E-state index contributed by atoms with van der Waals surface area (Å²) in [4.78, 5) is 14.2. The average molecular weight is 303 g/mol. The molecule has 19 heavy (non-hydrogen) atoms. The molecule has 1 amide bonds. The summed E-state index contributed by atoms with van der Waals surface area (Å²) < 4.78 is 0. The molecular formula is C14H20Cl2N2O. The molecule has 0 aromatic heterocycles. The Kier molecular flexibility index (Phi) is 6.63. The highest BCUT2D eigenvalue weighted by Crippen LogP contribution is 2.18. The molecule has 1 aliphatic rings. The molecule has 1 fully saturated rings. The van der Waals surface area contributed by atoms with Crippen molar-refractivity contribution in [2.45, 2.75) is 32.4 Å². The van der Waals surface area contributed by atoms with E-state index in [0.29, 0.717) is 13.1 Å². The first-order valence-corrected chi connectivity index (χ1v) is 6.85. The Morgan fingerprint density at radius 2 is 2.21 bits per heavy atom. The quantitative estimate of drug-likeness (QED) is 0.927. The van der Waals surface area contributed by atoms with E-state index in [-0.39, 0.29) is 24.4 Å². The molecule has 1 atom stereocenters. The van der Waals surface area contributed by atoms with Crippen molar-refractivity contribution >= 4 is 29.9 Å². The van der Waals surface area contributed by atoms with Crippen LogP contribution >= 0.6 is 24.0 Å². The Morgan fingerprint density at radius 3 is 2.79 bits per heavy atom. The number of halogens is 2. The third-order valence-corrected chi connectivity index (χ3v) is 3.74. The van der Waals surface area contributed by atoms with Crippen molar-refractivity contribution in [2.75, 3.05) is 13.1 Å². The van der Waals surface area contributed by atoms with Gasteiger partial charge in [0.05, 0.1) is 6.04 Å². The molecule has 0 aliphatic carbocycles. The van der Waals surface area contributed by atoms with Gasteiger partial charge in [-0.25, -0.2) is 0 Å². The second-order valence-corrected chi connectivity index (χ2v) is 5.00. The van der Waals surface area contributed by atoms with Gasteiger partial charge in [0, 0.05) is 18.1 Å². The summed E-state index contributed by atoms with van der Waals surface area (Å²) in [5, 5.41) is 3.97.